The summed E-state index contributed by atoms with van der Waals surface area (Å²) in [6.45, 7) is 1.15. The van der Waals surface area contributed by atoms with Gasteiger partial charge in [-0.25, -0.2) is 4.79 Å². The standard InChI is InChI=1S/C18H16N2O4/c1-23-18(22)11-2-3-15-13(8-11)14-9-20(6-4-16(14)19-15)17(21)12-5-7-24-10-12/h2-3,5,7-8,10,19H,4,6,9H2,1H3. The van der Waals surface area contributed by atoms with Crippen LogP contribution in [0.15, 0.2) is 41.2 Å². The van der Waals surface area contributed by atoms with Crippen LogP contribution in [0, 0.1) is 0 Å². The quantitative estimate of drug-likeness (QED) is 0.736. The van der Waals surface area contributed by atoms with Crippen LogP contribution in [0.5, 0.6) is 0 Å². The fourth-order valence-electron chi connectivity index (χ4n) is 3.20. The number of aromatic amines is 1. The van der Waals surface area contributed by atoms with Crippen LogP contribution in [0.4, 0.5) is 0 Å². The third kappa shape index (κ3) is 2.27. The number of amides is 1. The number of aromatic nitrogens is 1. The summed E-state index contributed by atoms with van der Waals surface area (Å²) in [4.78, 5) is 29.5. The zero-order chi connectivity index (χ0) is 16.7. The first-order valence-electron chi connectivity index (χ1n) is 7.70. The second-order valence-corrected chi connectivity index (χ2v) is 5.82. The van der Waals surface area contributed by atoms with E-state index in [0.717, 1.165) is 28.6 Å². The van der Waals surface area contributed by atoms with Gasteiger partial charge >= 0.3 is 5.97 Å². The van der Waals surface area contributed by atoms with Crippen molar-refractivity contribution in [3.63, 3.8) is 0 Å². The number of nitrogens with zero attached hydrogens (tertiary/aromatic N) is 1. The molecule has 0 saturated carbocycles. The molecular weight excluding hydrogens is 308 g/mol. The van der Waals surface area contributed by atoms with Crippen LogP contribution in [-0.2, 0) is 17.7 Å². The van der Waals surface area contributed by atoms with Gasteiger partial charge in [-0.2, -0.15) is 0 Å². The Kier molecular flexibility index (Phi) is 3.37. The minimum Gasteiger partial charge on any atom is -0.472 e. The molecule has 1 amide bonds. The van der Waals surface area contributed by atoms with Crippen molar-refractivity contribution in [2.45, 2.75) is 13.0 Å². The Morgan fingerprint density at radius 1 is 1.25 bits per heavy atom. The number of rotatable bonds is 2. The molecule has 0 fully saturated rings. The topological polar surface area (TPSA) is 75.5 Å². The van der Waals surface area contributed by atoms with E-state index in [0.29, 0.717) is 24.2 Å². The van der Waals surface area contributed by atoms with Crippen LogP contribution < -0.4 is 0 Å². The number of ether oxygens (including phenoxy) is 1. The van der Waals surface area contributed by atoms with Crippen LogP contribution in [-0.4, -0.2) is 35.4 Å². The highest BCUT2D eigenvalue weighted by atomic mass is 16.5. The summed E-state index contributed by atoms with van der Waals surface area (Å²) in [5, 5.41) is 0.956. The number of carbonyl (C=O) groups excluding carboxylic acids is 2. The number of nitrogens with one attached hydrogen (secondary N) is 1. The highest BCUT2D eigenvalue weighted by Crippen LogP contribution is 2.29. The summed E-state index contributed by atoms with van der Waals surface area (Å²) in [5.74, 6) is -0.415. The monoisotopic (exact) mass is 324 g/mol. The number of furan rings is 1. The first-order valence-corrected chi connectivity index (χ1v) is 7.70. The summed E-state index contributed by atoms with van der Waals surface area (Å²) >= 11 is 0. The zero-order valence-corrected chi connectivity index (χ0v) is 13.2. The van der Waals surface area contributed by atoms with Gasteiger partial charge in [-0.05, 0) is 24.3 Å². The number of hydrogen-bond donors (Lipinski definition) is 1. The van der Waals surface area contributed by atoms with Crippen molar-refractivity contribution in [2.24, 2.45) is 0 Å². The average Bonchev–Trinajstić information content (AvgIpc) is 3.27. The number of hydrogen-bond acceptors (Lipinski definition) is 4. The normalized spacial score (nSPS) is 13.8. The highest BCUT2D eigenvalue weighted by molar-refractivity contribution is 5.97. The van der Waals surface area contributed by atoms with Crippen LogP contribution in [0.2, 0.25) is 0 Å². The predicted molar refractivity (Wildman–Crippen MR) is 86.8 cm³/mol. The average molecular weight is 324 g/mol. The van der Waals surface area contributed by atoms with Crippen molar-refractivity contribution in [2.75, 3.05) is 13.7 Å². The number of H-pyrrole nitrogens is 1. The molecule has 0 bridgehead atoms. The number of carbonyl (C=O) groups is 2. The van der Waals surface area contributed by atoms with Gasteiger partial charge in [0.05, 0.1) is 24.5 Å². The molecule has 1 aliphatic heterocycles. The smallest absolute Gasteiger partial charge is 0.337 e. The summed E-state index contributed by atoms with van der Waals surface area (Å²) in [7, 11) is 1.37. The van der Waals surface area contributed by atoms with Crippen molar-refractivity contribution < 1.29 is 18.7 Å². The van der Waals surface area contributed by atoms with Crippen LogP contribution >= 0.6 is 0 Å². The van der Waals surface area contributed by atoms with E-state index >= 15 is 0 Å². The van der Waals surface area contributed by atoms with Gasteiger partial charge in [0, 0.05) is 41.7 Å². The maximum atomic E-state index is 12.5. The molecule has 1 aromatic carbocycles. The van der Waals surface area contributed by atoms with Crippen LogP contribution in [0.1, 0.15) is 32.0 Å². The van der Waals surface area contributed by atoms with Crippen molar-refractivity contribution in [1.29, 1.82) is 0 Å². The van der Waals surface area contributed by atoms with E-state index in [2.05, 4.69) is 4.98 Å². The molecule has 3 aromatic rings. The van der Waals surface area contributed by atoms with Crippen molar-refractivity contribution in [3.8, 4) is 0 Å². The van der Waals surface area contributed by atoms with Gasteiger partial charge in [-0.3, -0.25) is 4.79 Å². The Hall–Kier alpha value is -3.02. The molecule has 4 rings (SSSR count). The SMILES string of the molecule is COC(=O)c1ccc2[nH]c3c(c2c1)CN(C(=O)c1ccoc1)CC3. The third-order valence-electron chi connectivity index (χ3n) is 4.45. The molecule has 0 radical (unpaired) electrons. The molecule has 0 spiro atoms. The third-order valence-corrected chi connectivity index (χ3v) is 4.45. The highest BCUT2D eigenvalue weighted by Gasteiger charge is 2.25. The lowest BCUT2D eigenvalue weighted by Crippen LogP contribution is -2.35. The molecule has 1 aliphatic rings. The van der Waals surface area contributed by atoms with Crippen molar-refractivity contribution >= 4 is 22.8 Å². The van der Waals surface area contributed by atoms with Crippen LogP contribution in [0.3, 0.4) is 0 Å². The summed E-state index contributed by atoms with van der Waals surface area (Å²) in [6.07, 6.45) is 3.71. The molecule has 0 atom stereocenters. The molecule has 6 heteroatoms. The van der Waals surface area contributed by atoms with Gasteiger partial charge < -0.3 is 19.0 Å². The molecule has 0 saturated heterocycles. The Morgan fingerprint density at radius 3 is 2.88 bits per heavy atom. The molecule has 2 aromatic heterocycles. The number of fused-ring (bicyclic) bond motifs is 3. The molecule has 6 nitrogen and oxygen atoms in total. The van der Waals surface area contributed by atoms with E-state index < -0.39 is 0 Å². The van der Waals surface area contributed by atoms with Gasteiger partial charge in [-0.15, -0.1) is 0 Å². The first kappa shape index (κ1) is 14.6. The second-order valence-electron chi connectivity index (χ2n) is 5.82. The number of methoxy groups -OCH3 is 1. The second kappa shape index (κ2) is 5.56. The molecule has 1 N–H and O–H groups in total. The molecule has 0 unspecified atom stereocenters. The van der Waals surface area contributed by atoms with E-state index in [1.165, 1.54) is 19.6 Å². The maximum absolute atomic E-state index is 12.5. The Bertz CT molecular complexity index is 924. The number of benzene rings is 1. The summed E-state index contributed by atoms with van der Waals surface area (Å²) < 4.78 is 9.79. The van der Waals surface area contributed by atoms with E-state index in [4.69, 9.17) is 9.15 Å². The van der Waals surface area contributed by atoms with E-state index in [1.54, 1.807) is 17.0 Å². The van der Waals surface area contributed by atoms with E-state index in [1.807, 2.05) is 12.1 Å². The maximum Gasteiger partial charge on any atom is 0.337 e. The molecule has 0 aliphatic carbocycles. The van der Waals surface area contributed by atoms with Gasteiger partial charge in [0.2, 0.25) is 0 Å². The van der Waals surface area contributed by atoms with Gasteiger partial charge in [-0.1, -0.05) is 0 Å². The lowest BCUT2D eigenvalue weighted by Gasteiger charge is -2.26. The van der Waals surface area contributed by atoms with Crippen molar-refractivity contribution in [1.82, 2.24) is 9.88 Å². The lowest BCUT2D eigenvalue weighted by atomic mass is 10.0. The summed E-state index contributed by atoms with van der Waals surface area (Å²) in [6, 6.07) is 7.11. The number of esters is 1. The largest absolute Gasteiger partial charge is 0.472 e. The molecule has 3 heterocycles. The Morgan fingerprint density at radius 2 is 2.12 bits per heavy atom. The van der Waals surface area contributed by atoms with E-state index in [9.17, 15) is 9.59 Å². The zero-order valence-electron chi connectivity index (χ0n) is 13.2. The minimum atomic E-state index is -0.367. The fraction of sp³-hybridized carbons (Fsp3) is 0.222. The predicted octanol–water partition coefficient (Wildman–Crippen LogP) is 2.75. The summed E-state index contributed by atoms with van der Waals surface area (Å²) in [5.41, 5.74) is 4.19. The van der Waals surface area contributed by atoms with Gasteiger partial charge in [0.1, 0.15) is 6.26 Å². The molecule has 24 heavy (non-hydrogen) atoms. The van der Waals surface area contributed by atoms with Crippen LogP contribution in [0.25, 0.3) is 10.9 Å². The molecular formula is C18H16N2O4. The lowest BCUT2D eigenvalue weighted by molar-refractivity contribution is 0.0600. The van der Waals surface area contributed by atoms with Gasteiger partial charge in [0.25, 0.3) is 5.91 Å². The van der Waals surface area contributed by atoms with Gasteiger partial charge in [0.15, 0.2) is 0 Å². The Labute approximate surface area is 138 Å². The van der Waals surface area contributed by atoms with Crippen molar-refractivity contribution in [3.05, 3.63) is 59.2 Å². The fourth-order valence-corrected chi connectivity index (χ4v) is 3.20. The minimum absolute atomic E-state index is 0.0483. The Balaban J connectivity index is 1.71. The first-order chi connectivity index (χ1) is 11.7. The van der Waals surface area contributed by atoms with E-state index in [-0.39, 0.29) is 11.9 Å². The molecule has 122 valence electrons.